The van der Waals surface area contributed by atoms with E-state index in [1.165, 1.54) is 37.8 Å². The van der Waals surface area contributed by atoms with Crippen molar-refractivity contribution >= 4 is 17.2 Å². The van der Waals surface area contributed by atoms with Gasteiger partial charge in [0.2, 0.25) is 0 Å². The highest BCUT2D eigenvalue weighted by molar-refractivity contribution is 7.80. The summed E-state index contributed by atoms with van der Waals surface area (Å²) in [5.41, 5.74) is 7.40. The molecule has 1 heterocycles. The van der Waals surface area contributed by atoms with E-state index < -0.39 is 0 Å². The lowest BCUT2D eigenvalue weighted by Crippen LogP contribution is -2.32. The minimum atomic E-state index is -0.282. The van der Waals surface area contributed by atoms with Crippen LogP contribution in [-0.4, -0.2) is 22.5 Å². The molecule has 2 rings (SSSR count). The molecule has 1 saturated heterocycles. The fraction of sp³-hybridized carbons (Fsp3) is 0.533. The molecular formula is C15H21FN2S. The molecule has 1 unspecified atom stereocenters. The van der Waals surface area contributed by atoms with Crippen LogP contribution in [0.15, 0.2) is 18.2 Å². The zero-order valence-corrected chi connectivity index (χ0v) is 12.2. The third-order valence-electron chi connectivity index (χ3n) is 3.90. The second kappa shape index (κ2) is 6.44. The Bertz CT molecular complexity index is 461. The van der Waals surface area contributed by atoms with Crippen LogP contribution in [0.5, 0.6) is 0 Å². The van der Waals surface area contributed by atoms with E-state index in [0.29, 0.717) is 11.6 Å². The van der Waals surface area contributed by atoms with Crippen molar-refractivity contribution in [3.05, 3.63) is 35.1 Å². The fourth-order valence-corrected chi connectivity index (χ4v) is 2.89. The van der Waals surface area contributed by atoms with Gasteiger partial charge < -0.3 is 5.73 Å². The summed E-state index contributed by atoms with van der Waals surface area (Å²) in [7, 11) is 0. The standard InChI is InChI=1S/C15H21FN2S/c1-11-5-3-2-4-8-18(11)10-12-6-7-13(16)9-14(12)15(17)19/h6-7,9,11H,2-5,8,10H2,1H3,(H2,17,19). The Balaban J connectivity index is 2.19. The Labute approximate surface area is 119 Å². The van der Waals surface area contributed by atoms with Gasteiger partial charge in [0.05, 0.1) is 0 Å². The number of hydrogen-bond acceptors (Lipinski definition) is 2. The van der Waals surface area contributed by atoms with E-state index >= 15 is 0 Å². The Morgan fingerprint density at radius 1 is 1.42 bits per heavy atom. The summed E-state index contributed by atoms with van der Waals surface area (Å²) >= 11 is 5.03. The summed E-state index contributed by atoms with van der Waals surface area (Å²) in [5, 5.41) is 0. The van der Waals surface area contributed by atoms with Gasteiger partial charge in [0.1, 0.15) is 10.8 Å². The van der Waals surface area contributed by atoms with Crippen LogP contribution in [-0.2, 0) is 6.54 Å². The second-order valence-corrected chi connectivity index (χ2v) is 5.77. The topological polar surface area (TPSA) is 29.3 Å². The number of halogens is 1. The summed E-state index contributed by atoms with van der Waals surface area (Å²) in [5.74, 6) is -0.282. The summed E-state index contributed by atoms with van der Waals surface area (Å²) < 4.78 is 13.3. The average molecular weight is 280 g/mol. The predicted octanol–water partition coefficient (Wildman–Crippen LogP) is 3.22. The molecule has 0 spiro atoms. The number of rotatable bonds is 3. The first-order valence-electron chi connectivity index (χ1n) is 6.90. The van der Waals surface area contributed by atoms with Gasteiger partial charge in [0.15, 0.2) is 0 Å². The van der Waals surface area contributed by atoms with Crippen molar-refractivity contribution in [2.75, 3.05) is 6.54 Å². The number of thiocarbonyl (C=S) groups is 1. The van der Waals surface area contributed by atoms with Gasteiger partial charge >= 0.3 is 0 Å². The van der Waals surface area contributed by atoms with Crippen LogP contribution >= 0.6 is 12.2 Å². The second-order valence-electron chi connectivity index (χ2n) is 5.33. The highest BCUT2D eigenvalue weighted by Crippen LogP contribution is 2.21. The van der Waals surface area contributed by atoms with E-state index in [2.05, 4.69) is 11.8 Å². The van der Waals surface area contributed by atoms with E-state index in [1.54, 1.807) is 6.07 Å². The smallest absolute Gasteiger partial charge is 0.123 e. The summed E-state index contributed by atoms with van der Waals surface area (Å²) in [6.45, 7) is 4.15. The van der Waals surface area contributed by atoms with Gasteiger partial charge in [-0.25, -0.2) is 4.39 Å². The van der Waals surface area contributed by atoms with Gasteiger partial charge in [-0.2, -0.15) is 0 Å². The zero-order valence-electron chi connectivity index (χ0n) is 11.4. The molecule has 1 atom stereocenters. The van der Waals surface area contributed by atoms with Gasteiger partial charge in [0.25, 0.3) is 0 Å². The fourth-order valence-electron chi connectivity index (χ4n) is 2.70. The minimum Gasteiger partial charge on any atom is -0.389 e. The monoisotopic (exact) mass is 280 g/mol. The maximum Gasteiger partial charge on any atom is 0.123 e. The van der Waals surface area contributed by atoms with Crippen molar-refractivity contribution in [3.63, 3.8) is 0 Å². The highest BCUT2D eigenvalue weighted by Gasteiger charge is 2.18. The van der Waals surface area contributed by atoms with Gasteiger partial charge in [-0.15, -0.1) is 0 Å². The third kappa shape index (κ3) is 3.74. The first kappa shape index (κ1) is 14.4. The summed E-state index contributed by atoms with van der Waals surface area (Å²) in [4.78, 5) is 2.72. The molecule has 0 saturated carbocycles. The van der Waals surface area contributed by atoms with Crippen LogP contribution in [0, 0.1) is 5.82 Å². The molecule has 104 valence electrons. The van der Waals surface area contributed by atoms with E-state index in [9.17, 15) is 4.39 Å². The van der Waals surface area contributed by atoms with Gasteiger partial charge in [-0.3, -0.25) is 4.90 Å². The molecule has 1 aromatic carbocycles. The molecule has 1 aliphatic heterocycles. The van der Waals surface area contributed by atoms with Crippen molar-refractivity contribution in [2.45, 2.75) is 45.2 Å². The number of likely N-dealkylation sites (tertiary alicyclic amines) is 1. The summed E-state index contributed by atoms with van der Waals surface area (Å²) in [6.07, 6.45) is 5.05. The molecule has 0 bridgehead atoms. The van der Waals surface area contributed by atoms with Gasteiger partial charge in [-0.1, -0.05) is 31.1 Å². The maximum atomic E-state index is 13.3. The molecule has 4 heteroatoms. The van der Waals surface area contributed by atoms with Crippen molar-refractivity contribution in [3.8, 4) is 0 Å². The molecule has 0 amide bonds. The highest BCUT2D eigenvalue weighted by atomic mass is 32.1. The van der Waals surface area contributed by atoms with Crippen LogP contribution in [0.1, 0.15) is 43.7 Å². The van der Waals surface area contributed by atoms with Crippen molar-refractivity contribution < 1.29 is 4.39 Å². The molecule has 1 fully saturated rings. The lowest BCUT2D eigenvalue weighted by Gasteiger charge is -2.27. The number of hydrogen-bond donors (Lipinski definition) is 1. The number of nitrogens with zero attached hydrogens (tertiary/aromatic N) is 1. The van der Waals surface area contributed by atoms with Crippen LogP contribution in [0.3, 0.4) is 0 Å². The van der Waals surface area contributed by atoms with Crippen molar-refractivity contribution in [1.29, 1.82) is 0 Å². The van der Waals surface area contributed by atoms with E-state index in [-0.39, 0.29) is 10.8 Å². The molecule has 2 nitrogen and oxygen atoms in total. The van der Waals surface area contributed by atoms with Crippen LogP contribution in [0.25, 0.3) is 0 Å². The molecule has 1 aliphatic rings. The van der Waals surface area contributed by atoms with Gasteiger partial charge in [-0.05, 0) is 44.0 Å². The quantitative estimate of drug-likeness (QED) is 0.862. The van der Waals surface area contributed by atoms with Crippen molar-refractivity contribution in [2.24, 2.45) is 5.73 Å². The van der Waals surface area contributed by atoms with Crippen LogP contribution < -0.4 is 5.73 Å². The number of benzene rings is 1. The lowest BCUT2D eigenvalue weighted by molar-refractivity contribution is 0.205. The Kier molecular flexibility index (Phi) is 4.88. The Hall–Kier alpha value is -1.00. The Morgan fingerprint density at radius 2 is 2.21 bits per heavy atom. The van der Waals surface area contributed by atoms with Crippen LogP contribution in [0.4, 0.5) is 4.39 Å². The van der Waals surface area contributed by atoms with E-state index in [1.807, 2.05) is 0 Å². The zero-order chi connectivity index (χ0) is 13.8. The average Bonchev–Trinajstić information content (AvgIpc) is 2.57. The van der Waals surface area contributed by atoms with Gasteiger partial charge in [0, 0.05) is 18.2 Å². The molecule has 2 N–H and O–H groups in total. The van der Waals surface area contributed by atoms with E-state index in [0.717, 1.165) is 18.7 Å². The molecule has 1 aromatic rings. The molecule has 19 heavy (non-hydrogen) atoms. The molecule has 0 radical (unpaired) electrons. The normalized spacial score (nSPS) is 21.1. The maximum absolute atomic E-state index is 13.3. The first-order chi connectivity index (χ1) is 9.08. The van der Waals surface area contributed by atoms with Crippen molar-refractivity contribution in [1.82, 2.24) is 4.90 Å². The SMILES string of the molecule is CC1CCCCCN1Cc1ccc(F)cc1C(N)=S. The Morgan fingerprint density at radius 3 is 2.95 bits per heavy atom. The molecule has 0 aromatic heterocycles. The number of nitrogens with two attached hydrogens (primary N) is 1. The molecular weight excluding hydrogens is 259 g/mol. The first-order valence-corrected chi connectivity index (χ1v) is 7.31. The van der Waals surface area contributed by atoms with Crippen LogP contribution in [0.2, 0.25) is 0 Å². The third-order valence-corrected chi connectivity index (χ3v) is 4.12. The predicted molar refractivity (Wildman–Crippen MR) is 80.6 cm³/mol. The summed E-state index contributed by atoms with van der Waals surface area (Å²) in [6, 6.07) is 5.30. The lowest BCUT2D eigenvalue weighted by atomic mass is 10.1. The molecule has 0 aliphatic carbocycles. The largest absolute Gasteiger partial charge is 0.389 e. The van der Waals surface area contributed by atoms with E-state index in [4.69, 9.17) is 18.0 Å². The minimum absolute atomic E-state index is 0.275.